The van der Waals surface area contributed by atoms with Gasteiger partial charge in [0.05, 0.1) is 0 Å². The first-order chi connectivity index (χ1) is 6.80. The van der Waals surface area contributed by atoms with E-state index in [1.54, 1.807) is 5.56 Å². The van der Waals surface area contributed by atoms with Crippen LogP contribution in [0.15, 0.2) is 24.3 Å². The number of aryl methyl sites for hydroxylation is 1. The van der Waals surface area contributed by atoms with Gasteiger partial charge in [-0.3, -0.25) is 0 Å². The predicted octanol–water partition coefficient (Wildman–Crippen LogP) is 2.46. The van der Waals surface area contributed by atoms with Crippen LogP contribution in [0.2, 0.25) is 0 Å². The van der Waals surface area contributed by atoms with Gasteiger partial charge in [-0.1, -0.05) is 29.8 Å². The Hall–Kier alpha value is -0.820. The molecule has 1 aromatic rings. The van der Waals surface area contributed by atoms with Crippen molar-refractivity contribution in [2.24, 2.45) is 5.41 Å². The molecule has 74 valence electrons. The highest BCUT2D eigenvalue weighted by molar-refractivity contribution is 5.33. The third-order valence-corrected chi connectivity index (χ3v) is 3.95. The lowest BCUT2D eigenvalue weighted by molar-refractivity contribution is 0.549. The van der Waals surface area contributed by atoms with Gasteiger partial charge in [-0.25, -0.2) is 0 Å². The topological polar surface area (TPSA) is 12.0 Å². The van der Waals surface area contributed by atoms with Crippen LogP contribution in [-0.2, 0) is 0 Å². The van der Waals surface area contributed by atoms with Crippen LogP contribution in [0.25, 0.3) is 0 Å². The van der Waals surface area contributed by atoms with Gasteiger partial charge in [-0.05, 0) is 43.2 Å². The molecule has 1 spiro atoms. The van der Waals surface area contributed by atoms with Crippen molar-refractivity contribution >= 4 is 0 Å². The van der Waals surface area contributed by atoms with Gasteiger partial charge in [0.25, 0.3) is 0 Å². The van der Waals surface area contributed by atoms with Crippen LogP contribution in [0.3, 0.4) is 0 Å². The fourth-order valence-electron chi connectivity index (χ4n) is 2.85. The maximum atomic E-state index is 3.49. The van der Waals surface area contributed by atoms with Crippen LogP contribution in [0.4, 0.5) is 0 Å². The zero-order valence-corrected chi connectivity index (χ0v) is 8.72. The van der Waals surface area contributed by atoms with Crippen molar-refractivity contribution in [3.8, 4) is 0 Å². The van der Waals surface area contributed by atoms with Crippen molar-refractivity contribution in [1.82, 2.24) is 5.32 Å². The second-order valence-electron chi connectivity index (χ2n) is 4.96. The molecule has 1 heteroatoms. The molecule has 1 N–H and O–H groups in total. The summed E-state index contributed by atoms with van der Waals surface area (Å²) in [4.78, 5) is 0. The van der Waals surface area contributed by atoms with Gasteiger partial charge in [0.1, 0.15) is 0 Å². The molecule has 0 radical (unpaired) electrons. The minimum atomic E-state index is 0.648. The zero-order valence-electron chi connectivity index (χ0n) is 8.72. The molecule has 2 fully saturated rings. The van der Waals surface area contributed by atoms with E-state index in [0.717, 1.165) is 5.92 Å². The highest BCUT2D eigenvalue weighted by Gasteiger charge is 2.55. The van der Waals surface area contributed by atoms with Gasteiger partial charge in [0, 0.05) is 6.54 Å². The Morgan fingerprint density at radius 3 is 2.71 bits per heavy atom. The number of hydrogen-bond acceptors (Lipinski definition) is 1. The van der Waals surface area contributed by atoms with Crippen molar-refractivity contribution in [1.29, 1.82) is 0 Å². The van der Waals surface area contributed by atoms with E-state index >= 15 is 0 Å². The second-order valence-corrected chi connectivity index (χ2v) is 4.96. The van der Waals surface area contributed by atoms with Crippen molar-refractivity contribution in [3.05, 3.63) is 35.4 Å². The Balaban J connectivity index is 1.82. The minimum Gasteiger partial charge on any atom is -0.316 e. The summed E-state index contributed by atoms with van der Waals surface area (Å²) >= 11 is 0. The summed E-state index contributed by atoms with van der Waals surface area (Å²) in [5, 5.41) is 3.49. The fraction of sp³-hybridized carbons (Fsp3) is 0.538. The number of nitrogens with one attached hydrogen (secondary N) is 1. The molecule has 2 unspecified atom stereocenters. The van der Waals surface area contributed by atoms with E-state index in [1.807, 2.05) is 0 Å². The predicted molar refractivity (Wildman–Crippen MR) is 58.5 cm³/mol. The Labute approximate surface area is 85.5 Å². The second kappa shape index (κ2) is 2.83. The van der Waals surface area contributed by atoms with Crippen molar-refractivity contribution in [2.45, 2.75) is 25.7 Å². The normalized spacial score (nSPS) is 35.1. The third kappa shape index (κ3) is 1.19. The van der Waals surface area contributed by atoms with Crippen LogP contribution in [0.1, 0.15) is 29.9 Å². The Bertz CT molecular complexity index is 333. The molecule has 1 saturated heterocycles. The van der Waals surface area contributed by atoms with Crippen molar-refractivity contribution in [2.75, 3.05) is 13.1 Å². The molecule has 0 aromatic heterocycles. The zero-order chi connectivity index (χ0) is 9.60. The molecule has 1 nitrogen and oxygen atoms in total. The average Bonchev–Trinajstić information content (AvgIpc) is 2.68. The van der Waals surface area contributed by atoms with E-state index in [9.17, 15) is 0 Å². The Morgan fingerprint density at radius 1 is 1.29 bits per heavy atom. The van der Waals surface area contributed by atoms with Crippen LogP contribution >= 0.6 is 0 Å². The van der Waals surface area contributed by atoms with Crippen LogP contribution < -0.4 is 5.32 Å². The molecule has 1 heterocycles. The van der Waals surface area contributed by atoms with Gasteiger partial charge in [-0.2, -0.15) is 0 Å². The highest BCUT2D eigenvalue weighted by Crippen LogP contribution is 2.62. The first-order valence-electron chi connectivity index (χ1n) is 5.57. The SMILES string of the molecule is Cc1ccc(C2CC23CCNC3)cc1. The van der Waals surface area contributed by atoms with Gasteiger partial charge in [0.2, 0.25) is 0 Å². The number of rotatable bonds is 1. The number of benzene rings is 1. The molecule has 3 rings (SSSR count). The summed E-state index contributed by atoms with van der Waals surface area (Å²) in [6, 6.07) is 9.10. The van der Waals surface area contributed by atoms with Crippen LogP contribution in [-0.4, -0.2) is 13.1 Å². The molecule has 0 bridgehead atoms. The summed E-state index contributed by atoms with van der Waals surface area (Å²) in [6.07, 6.45) is 2.79. The molecule has 2 aliphatic rings. The van der Waals surface area contributed by atoms with E-state index in [2.05, 4.69) is 36.5 Å². The van der Waals surface area contributed by atoms with E-state index in [-0.39, 0.29) is 0 Å². The summed E-state index contributed by atoms with van der Waals surface area (Å²) < 4.78 is 0. The smallest absolute Gasteiger partial charge is 0.00144 e. The molecule has 1 aliphatic heterocycles. The maximum absolute atomic E-state index is 3.49. The molecule has 1 saturated carbocycles. The largest absolute Gasteiger partial charge is 0.316 e. The standard InChI is InChI=1S/C13H17N/c1-10-2-4-11(5-3-10)12-8-13(12)6-7-14-9-13/h2-5,12,14H,6-9H2,1H3. The summed E-state index contributed by atoms with van der Waals surface area (Å²) in [7, 11) is 0. The Morgan fingerprint density at radius 2 is 2.07 bits per heavy atom. The van der Waals surface area contributed by atoms with E-state index in [1.165, 1.54) is 31.5 Å². The fourth-order valence-corrected chi connectivity index (χ4v) is 2.85. The third-order valence-electron chi connectivity index (χ3n) is 3.95. The number of hydrogen-bond donors (Lipinski definition) is 1. The summed E-state index contributed by atoms with van der Waals surface area (Å²) in [6.45, 7) is 4.62. The summed E-state index contributed by atoms with van der Waals surface area (Å²) in [5.74, 6) is 0.845. The molecular formula is C13H17N. The van der Waals surface area contributed by atoms with E-state index in [0.29, 0.717) is 5.41 Å². The Kier molecular flexibility index (Phi) is 1.72. The van der Waals surface area contributed by atoms with Crippen LogP contribution in [0, 0.1) is 12.3 Å². The molecule has 2 atom stereocenters. The van der Waals surface area contributed by atoms with Crippen LogP contribution in [0.5, 0.6) is 0 Å². The summed E-state index contributed by atoms with van der Waals surface area (Å²) in [5.41, 5.74) is 3.57. The van der Waals surface area contributed by atoms with Gasteiger partial charge in [-0.15, -0.1) is 0 Å². The van der Waals surface area contributed by atoms with Crippen molar-refractivity contribution in [3.63, 3.8) is 0 Å². The lowest BCUT2D eigenvalue weighted by Gasteiger charge is -2.07. The van der Waals surface area contributed by atoms with Gasteiger partial charge in [0.15, 0.2) is 0 Å². The first kappa shape index (κ1) is 8.49. The maximum Gasteiger partial charge on any atom is 0.00144 e. The molecule has 1 aliphatic carbocycles. The minimum absolute atomic E-state index is 0.648. The van der Waals surface area contributed by atoms with Gasteiger partial charge >= 0.3 is 0 Å². The quantitative estimate of drug-likeness (QED) is 0.712. The molecule has 0 amide bonds. The van der Waals surface area contributed by atoms with E-state index in [4.69, 9.17) is 0 Å². The molecule has 1 aromatic carbocycles. The van der Waals surface area contributed by atoms with Gasteiger partial charge < -0.3 is 5.32 Å². The lowest BCUT2D eigenvalue weighted by Crippen LogP contribution is -2.10. The monoisotopic (exact) mass is 187 g/mol. The van der Waals surface area contributed by atoms with E-state index < -0.39 is 0 Å². The highest BCUT2D eigenvalue weighted by atomic mass is 14.9. The molecular weight excluding hydrogens is 170 g/mol. The average molecular weight is 187 g/mol. The van der Waals surface area contributed by atoms with Crippen molar-refractivity contribution < 1.29 is 0 Å². The molecule has 14 heavy (non-hydrogen) atoms. The first-order valence-corrected chi connectivity index (χ1v) is 5.57. The lowest BCUT2D eigenvalue weighted by atomic mass is 9.98.